The lowest BCUT2D eigenvalue weighted by Crippen LogP contribution is -2.22. The van der Waals surface area contributed by atoms with E-state index in [0.29, 0.717) is 0 Å². The van der Waals surface area contributed by atoms with Gasteiger partial charge in [0.1, 0.15) is 17.8 Å². The van der Waals surface area contributed by atoms with Gasteiger partial charge in [-0.05, 0) is 30.7 Å². The van der Waals surface area contributed by atoms with Crippen LogP contribution >= 0.6 is 0 Å². The topological polar surface area (TPSA) is 70.6 Å². The highest BCUT2D eigenvalue weighted by Gasteiger charge is 2.15. The smallest absolute Gasteiger partial charge is 0.148 e. The Balaban J connectivity index is 1.51. The van der Waals surface area contributed by atoms with E-state index in [0.717, 1.165) is 39.1 Å². The van der Waals surface area contributed by atoms with Crippen molar-refractivity contribution in [3.05, 3.63) is 78.9 Å². The number of nitrogens with one attached hydrogen (secondary N) is 1. The lowest BCUT2D eigenvalue weighted by molar-refractivity contribution is 0.728. The number of nitrogens with zero attached hydrogens (tertiary/aromatic N) is 5. The molecule has 1 N–H and O–H groups in total. The van der Waals surface area contributed by atoms with E-state index in [1.165, 1.54) is 5.56 Å². The first-order chi connectivity index (χ1) is 14.2. The summed E-state index contributed by atoms with van der Waals surface area (Å²) in [6, 6.07) is 18.7. The van der Waals surface area contributed by atoms with Crippen molar-refractivity contribution in [1.29, 1.82) is 0 Å². The lowest BCUT2D eigenvalue weighted by atomic mass is 10.1. The summed E-state index contributed by atoms with van der Waals surface area (Å²) in [4.78, 5) is 23.5. The van der Waals surface area contributed by atoms with Crippen molar-refractivity contribution >= 4 is 27.9 Å². The zero-order valence-electron chi connectivity index (χ0n) is 16.2. The highest BCUT2D eigenvalue weighted by atomic mass is 15.2. The lowest BCUT2D eigenvalue weighted by Gasteiger charge is -2.26. The van der Waals surface area contributed by atoms with Gasteiger partial charge >= 0.3 is 0 Å². The Morgan fingerprint density at radius 2 is 1.79 bits per heavy atom. The van der Waals surface area contributed by atoms with E-state index in [4.69, 9.17) is 4.98 Å². The summed E-state index contributed by atoms with van der Waals surface area (Å²) in [5.74, 6) is 0.844. The molecule has 3 heterocycles. The minimum absolute atomic E-state index is 0.199. The van der Waals surface area contributed by atoms with E-state index in [2.05, 4.69) is 56.0 Å². The maximum Gasteiger partial charge on any atom is 0.148 e. The Morgan fingerprint density at radius 1 is 0.931 bits per heavy atom. The third kappa shape index (κ3) is 3.08. The van der Waals surface area contributed by atoms with Crippen molar-refractivity contribution in [2.24, 2.45) is 0 Å². The van der Waals surface area contributed by atoms with Crippen molar-refractivity contribution in [1.82, 2.24) is 24.9 Å². The maximum atomic E-state index is 4.83. The number of aromatic amines is 1. The second kappa shape index (κ2) is 6.98. The van der Waals surface area contributed by atoms with Crippen molar-refractivity contribution in [2.45, 2.75) is 13.0 Å². The zero-order valence-corrected chi connectivity index (χ0v) is 16.2. The van der Waals surface area contributed by atoms with Crippen LogP contribution in [-0.4, -0.2) is 32.0 Å². The third-order valence-electron chi connectivity index (χ3n) is 5.38. The Morgan fingerprint density at radius 3 is 2.66 bits per heavy atom. The Hall–Kier alpha value is -3.80. The van der Waals surface area contributed by atoms with Crippen LogP contribution in [0.25, 0.3) is 33.3 Å². The van der Waals surface area contributed by atoms with Gasteiger partial charge in [-0.3, -0.25) is 4.98 Å². The predicted molar refractivity (Wildman–Crippen MR) is 116 cm³/mol. The van der Waals surface area contributed by atoms with Crippen LogP contribution in [0.4, 0.5) is 5.82 Å². The molecule has 3 aromatic heterocycles. The molecular weight excluding hydrogens is 360 g/mol. The van der Waals surface area contributed by atoms with Crippen molar-refractivity contribution < 1.29 is 0 Å². The Bertz CT molecular complexity index is 1290. The monoisotopic (exact) mass is 380 g/mol. The molecule has 29 heavy (non-hydrogen) atoms. The molecule has 0 unspecified atom stereocenters. The second-order valence-corrected chi connectivity index (χ2v) is 7.09. The molecule has 6 nitrogen and oxygen atoms in total. The van der Waals surface area contributed by atoms with Gasteiger partial charge in [0.05, 0.1) is 29.0 Å². The Labute approximate surface area is 168 Å². The number of benzene rings is 2. The first-order valence-electron chi connectivity index (χ1n) is 9.54. The van der Waals surface area contributed by atoms with Gasteiger partial charge in [0.2, 0.25) is 0 Å². The van der Waals surface area contributed by atoms with Gasteiger partial charge in [-0.15, -0.1) is 0 Å². The summed E-state index contributed by atoms with van der Waals surface area (Å²) in [5, 5.41) is 0.993. The quantitative estimate of drug-likeness (QED) is 0.486. The van der Waals surface area contributed by atoms with Crippen LogP contribution in [0.3, 0.4) is 0 Å². The molecular formula is C23H20N6. The predicted octanol–water partition coefficient (Wildman–Crippen LogP) is 4.77. The molecule has 1 atom stereocenters. The molecule has 0 saturated heterocycles. The fourth-order valence-electron chi connectivity index (χ4n) is 3.57. The van der Waals surface area contributed by atoms with Crippen LogP contribution < -0.4 is 4.90 Å². The Kier molecular flexibility index (Phi) is 4.17. The minimum Gasteiger partial charge on any atom is -0.352 e. The van der Waals surface area contributed by atoms with Gasteiger partial charge < -0.3 is 9.88 Å². The summed E-state index contributed by atoms with van der Waals surface area (Å²) >= 11 is 0. The minimum atomic E-state index is 0.199. The van der Waals surface area contributed by atoms with Crippen LogP contribution in [0.2, 0.25) is 0 Å². The molecule has 0 aliphatic carbocycles. The highest BCUT2D eigenvalue weighted by Crippen LogP contribution is 2.28. The number of anilines is 1. The fourth-order valence-corrected chi connectivity index (χ4v) is 3.57. The van der Waals surface area contributed by atoms with E-state index in [1.807, 2.05) is 49.8 Å². The molecule has 0 radical (unpaired) electrons. The van der Waals surface area contributed by atoms with Gasteiger partial charge in [0.25, 0.3) is 0 Å². The van der Waals surface area contributed by atoms with Gasteiger partial charge in [0.15, 0.2) is 0 Å². The molecule has 0 amide bonds. The summed E-state index contributed by atoms with van der Waals surface area (Å²) < 4.78 is 0. The van der Waals surface area contributed by atoms with Crippen LogP contribution in [0.15, 0.2) is 73.3 Å². The van der Waals surface area contributed by atoms with E-state index < -0.39 is 0 Å². The molecule has 0 aliphatic rings. The first-order valence-corrected chi connectivity index (χ1v) is 9.54. The first kappa shape index (κ1) is 17.3. The van der Waals surface area contributed by atoms with Crippen molar-refractivity contribution in [3.63, 3.8) is 0 Å². The number of rotatable bonds is 4. The normalized spacial score (nSPS) is 12.3. The highest BCUT2D eigenvalue weighted by molar-refractivity contribution is 5.93. The average molecular weight is 380 g/mol. The molecule has 2 aromatic carbocycles. The summed E-state index contributed by atoms with van der Waals surface area (Å²) in [6.45, 7) is 2.17. The molecule has 6 heteroatoms. The summed E-state index contributed by atoms with van der Waals surface area (Å²) in [6.07, 6.45) is 5.28. The molecule has 5 rings (SSSR count). The summed E-state index contributed by atoms with van der Waals surface area (Å²) in [5.41, 5.74) is 5.66. The van der Waals surface area contributed by atoms with Crippen LogP contribution in [0.5, 0.6) is 0 Å². The number of hydrogen-bond acceptors (Lipinski definition) is 5. The number of aromatic nitrogens is 5. The number of hydrogen-bond donors (Lipinski definition) is 1. The molecule has 142 valence electrons. The van der Waals surface area contributed by atoms with Gasteiger partial charge in [-0.25, -0.2) is 15.0 Å². The maximum absolute atomic E-state index is 4.83. The molecule has 5 aromatic rings. The van der Waals surface area contributed by atoms with E-state index >= 15 is 0 Å². The SMILES string of the molecule is C[C@H](c1ccccc1)N(C)c1cnc2cc(-c3ncnc4[nH]ccc34)ccc2n1. The average Bonchev–Trinajstić information content (AvgIpc) is 3.27. The molecule has 0 bridgehead atoms. The van der Waals surface area contributed by atoms with Crippen LogP contribution in [0.1, 0.15) is 18.5 Å². The number of H-pyrrole nitrogens is 1. The zero-order chi connectivity index (χ0) is 19.8. The van der Waals surface area contributed by atoms with Crippen LogP contribution in [-0.2, 0) is 0 Å². The number of fused-ring (bicyclic) bond motifs is 2. The standard InChI is InChI=1S/C23H20N6/c1-15(16-6-4-3-5-7-16)29(2)21-13-25-20-12-17(8-9-19(20)28-21)22-18-10-11-24-23(18)27-14-26-22/h3-15H,1-2H3,(H,24,26,27)/t15-/m1/s1. The largest absolute Gasteiger partial charge is 0.352 e. The van der Waals surface area contributed by atoms with Gasteiger partial charge in [-0.1, -0.05) is 36.4 Å². The fraction of sp³-hybridized carbons (Fsp3) is 0.130. The molecule has 0 aliphatic heterocycles. The van der Waals surface area contributed by atoms with Gasteiger partial charge in [-0.2, -0.15) is 0 Å². The van der Waals surface area contributed by atoms with E-state index in [9.17, 15) is 0 Å². The molecule has 0 fully saturated rings. The van der Waals surface area contributed by atoms with Crippen LogP contribution in [0, 0.1) is 0 Å². The van der Waals surface area contributed by atoms with Crippen molar-refractivity contribution in [3.8, 4) is 11.3 Å². The van der Waals surface area contributed by atoms with Gasteiger partial charge in [0, 0.05) is 24.2 Å². The second-order valence-electron chi connectivity index (χ2n) is 7.09. The summed E-state index contributed by atoms with van der Waals surface area (Å²) in [7, 11) is 2.05. The molecule has 0 saturated carbocycles. The van der Waals surface area contributed by atoms with E-state index in [1.54, 1.807) is 6.33 Å². The molecule has 0 spiro atoms. The van der Waals surface area contributed by atoms with Crippen molar-refractivity contribution in [2.75, 3.05) is 11.9 Å². The third-order valence-corrected chi connectivity index (χ3v) is 5.38. The van der Waals surface area contributed by atoms with E-state index in [-0.39, 0.29) is 6.04 Å².